The van der Waals surface area contributed by atoms with E-state index in [0.29, 0.717) is 0 Å². The predicted octanol–water partition coefficient (Wildman–Crippen LogP) is 0.730. The standard InChI is InChI=1S/C10H17N3O/c1-9-11-10(8-14-9)7-13-5-3-12(2)4-6-13/h8H,3-7H2,1-2H3. The van der Waals surface area contributed by atoms with Crippen molar-refractivity contribution in [3.05, 3.63) is 17.8 Å². The Labute approximate surface area is 84.5 Å². The molecule has 4 heteroatoms. The normalized spacial score (nSPS) is 20.1. The summed E-state index contributed by atoms with van der Waals surface area (Å²) in [6.07, 6.45) is 1.76. The second-order valence-electron chi connectivity index (χ2n) is 3.94. The summed E-state index contributed by atoms with van der Waals surface area (Å²) in [5.74, 6) is 0.758. The van der Waals surface area contributed by atoms with Gasteiger partial charge in [-0.15, -0.1) is 0 Å². The van der Waals surface area contributed by atoms with Crippen LogP contribution < -0.4 is 0 Å². The Morgan fingerprint density at radius 3 is 2.64 bits per heavy atom. The van der Waals surface area contributed by atoms with Crippen molar-refractivity contribution in [3.8, 4) is 0 Å². The molecule has 0 radical (unpaired) electrons. The highest BCUT2D eigenvalue weighted by Gasteiger charge is 2.14. The second-order valence-corrected chi connectivity index (χ2v) is 3.94. The van der Waals surface area contributed by atoms with Crippen LogP contribution in [0.5, 0.6) is 0 Å². The van der Waals surface area contributed by atoms with E-state index in [-0.39, 0.29) is 0 Å². The van der Waals surface area contributed by atoms with Crippen LogP contribution in [0, 0.1) is 6.92 Å². The second kappa shape index (κ2) is 4.11. The maximum absolute atomic E-state index is 5.18. The van der Waals surface area contributed by atoms with Crippen LogP contribution in [0.1, 0.15) is 11.6 Å². The number of rotatable bonds is 2. The Bertz CT molecular complexity index is 289. The molecule has 1 aliphatic rings. The monoisotopic (exact) mass is 195 g/mol. The molecule has 0 atom stereocenters. The van der Waals surface area contributed by atoms with Gasteiger partial charge in [-0.2, -0.15) is 0 Å². The summed E-state index contributed by atoms with van der Waals surface area (Å²) in [5.41, 5.74) is 1.05. The Morgan fingerprint density at radius 1 is 1.36 bits per heavy atom. The molecule has 1 fully saturated rings. The molecule has 1 aliphatic heterocycles. The molecule has 0 aromatic carbocycles. The molecule has 14 heavy (non-hydrogen) atoms. The smallest absolute Gasteiger partial charge is 0.191 e. The minimum Gasteiger partial charge on any atom is -0.449 e. The molecule has 0 amide bonds. The number of likely N-dealkylation sites (N-methyl/N-ethyl adjacent to an activating group) is 1. The summed E-state index contributed by atoms with van der Waals surface area (Å²) < 4.78 is 5.18. The highest BCUT2D eigenvalue weighted by atomic mass is 16.3. The van der Waals surface area contributed by atoms with Crippen molar-refractivity contribution >= 4 is 0 Å². The first-order valence-electron chi connectivity index (χ1n) is 5.06. The molecule has 78 valence electrons. The predicted molar refractivity (Wildman–Crippen MR) is 54.0 cm³/mol. The first-order valence-corrected chi connectivity index (χ1v) is 5.06. The van der Waals surface area contributed by atoms with Crippen molar-refractivity contribution in [2.75, 3.05) is 33.2 Å². The lowest BCUT2D eigenvalue weighted by Gasteiger charge is -2.31. The minimum atomic E-state index is 0.758. The van der Waals surface area contributed by atoms with E-state index in [4.69, 9.17) is 4.42 Å². The number of hydrogen-bond donors (Lipinski definition) is 0. The Morgan fingerprint density at radius 2 is 2.07 bits per heavy atom. The Balaban J connectivity index is 1.86. The molecule has 4 nitrogen and oxygen atoms in total. The van der Waals surface area contributed by atoms with E-state index in [0.717, 1.165) is 44.3 Å². The average molecular weight is 195 g/mol. The molecule has 0 unspecified atom stereocenters. The molecule has 0 N–H and O–H groups in total. The van der Waals surface area contributed by atoms with Gasteiger partial charge in [0.2, 0.25) is 0 Å². The minimum absolute atomic E-state index is 0.758. The van der Waals surface area contributed by atoms with Gasteiger partial charge in [-0.05, 0) is 7.05 Å². The van der Waals surface area contributed by atoms with Gasteiger partial charge in [-0.3, -0.25) is 4.90 Å². The Kier molecular flexibility index (Phi) is 2.84. The van der Waals surface area contributed by atoms with Crippen molar-refractivity contribution in [3.63, 3.8) is 0 Å². The zero-order chi connectivity index (χ0) is 9.97. The largest absolute Gasteiger partial charge is 0.449 e. The van der Waals surface area contributed by atoms with Crippen molar-refractivity contribution in [2.24, 2.45) is 0 Å². The molecule has 2 rings (SSSR count). The van der Waals surface area contributed by atoms with Crippen molar-refractivity contribution in [1.82, 2.24) is 14.8 Å². The molecule has 1 aromatic heterocycles. The molecule has 0 saturated carbocycles. The maximum atomic E-state index is 5.18. The summed E-state index contributed by atoms with van der Waals surface area (Å²) in [6, 6.07) is 0. The van der Waals surface area contributed by atoms with E-state index in [1.165, 1.54) is 0 Å². The summed E-state index contributed by atoms with van der Waals surface area (Å²) >= 11 is 0. The van der Waals surface area contributed by atoms with Crippen LogP contribution in [0.3, 0.4) is 0 Å². The van der Waals surface area contributed by atoms with E-state index in [1.54, 1.807) is 6.26 Å². The molecule has 0 spiro atoms. The van der Waals surface area contributed by atoms with E-state index >= 15 is 0 Å². The zero-order valence-electron chi connectivity index (χ0n) is 8.86. The lowest BCUT2D eigenvalue weighted by atomic mass is 10.3. The van der Waals surface area contributed by atoms with Gasteiger partial charge in [0.25, 0.3) is 0 Å². The van der Waals surface area contributed by atoms with Crippen LogP contribution in [0.25, 0.3) is 0 Å². The van der Waals surface area contributed by atoms with Crippen LogP contribution in [-0.2, 0) is 6.54 Å². The van der Waals surface area contributed by atoms with Crippen molar-refractivity contribution in [2.45, 2.75) is 13.5 Å². The van der Waals surface area contributed by atoms with Gasteiger partial charge in [-0.1, -0.05) is 0 Å². The number of aryl methyl sites for hydroxylation is 1. The van der Waals surface area contributed by atoms with Gasteiger partial charge < -0.3 is 9.32 Å². The number of aromatic nitrogens is 1. The molecular formula is C10H17N3O. The fraction of sp³-hybridized carbons (Fsp3) is 0.700. The SMILES string of the molecule is Cc1nc(CN2CCN(C)CC2)co1. The molecular weight excluding hydrogens is 178 g/mol. The first-order chi connectivity index (χ1) is 6.74. The fourth-order valence-corrected chi connectivity index (χ4v) is 1.72. The third-order valence-electron chi connectivity index (χ3n) is 2.65. The van der Waals surface area contributed by atoms with E-state index < -0.39 is 0 Å². The molecule has 1 saturated heterocycles. The van der Waals surface area contributed by atoms with E-state index in [2.05, 4.69) is 21.8 Å². The number of nitrogens with zero attached hydrogens (tertiary/aromatic N) is 3. The average Bonchev–Trinajstić information content (AvgIpc) is 2.56. The molecule has 1 aromatic rings. The number of piperazine rings is 1. The maximum Gasteiger partial charge on any atom is 0.191 e. The molecule has 0 bridgehead atoms. The fourth-order valence-electron chi connectivity index (χ4n) is 1.72. The van der Waals surface area contributed by atoms with Crippen molar-refractivity contribution in [1.29, 1.82) is 0 Å². The van der Waals surface area contributed by atoms with Gasteiger partial charge >= 0.3 is 0 Å². The van der Waals surface area contributed by atoms with Crippen LogP contribution in [0.2, 0.25) is 0 Å². The van der Waals surface area contributed by atoms with Gasteiger partial charge in [0.15, 0.2) is 5.89 Å². The number of oxazole rings is 1. The molecule has 0 aliphatic carbocycles. The topological polar surface area (TPSA) is 32.5 Å². The van der Waals surface area contributed by atoms with Gasteiger partial charge in [0.05, 0.1) is 5.69 Å². The third kappa shape index (κ3) is 2.33. The van der Waals surface area contributed by atoms with Gasteiger partial charge in [-0.25, -0.2) is 4.98 Å². The third-order valence-corrected chi connectivity index (χ3v) is 2.65. The first kappa shape index (κ1) is 9.68. The summed E-state index contributed by atoms with van der Waals surface area (Å²) in [4.78, 5) is 9.07. The van der Waals surface area contributed by atoms with Crippen LogP contribution in [0.4, 0.5) is 0 Å². The highest BCUT2D eigenvalue weighted by molar-refractivity contribution is 4.95. The van der Waals surface area contributed by atoms with Crippen molar-refractivity contribution < 1.29 is 4.42 Å². The summed E-state index contributed by atoms with van der Waals surface area (Å²) in [6.45, 7) is 7.36. The molecule has 2 heterocycles. The zero-order valence-corrected chi connectivity index (χ0v) is 8.86. The van der Waals surface area contributed by atoms with E-state index in [9.17, 15) is 0 Å². The van der Waals surface area contributed by atoms with Gasteiger partial charge in [0.1, 0.15) is 6.26 Å². The number of hydrogen-bond acceptors (Lipinski definition) is 4. The van der Waals surface area contributed by atoms with Crippen LogP contribution >= 0.6 is 0 Å². The Hall–Kier alpha value is -0.870. The lowest BCUT2D eigenvalue weighted by molar-refractivity contribution is 0.147. The quantitative estimate of drug-likeness (QED) is 0.696. The summed E-state index contributed by atoms with van der Waals surface area (Å²) in [5, 5.41) is 0. The van der Waals surface area contributed by atoms with Crippen LogP contribution in [-0.4, -0.2) is 48.0 Å². The van der Waals surface area contributed by atoms with Crippen LogP contribution in [0.15, 0.2) is 10.7 Å². The van der Waals surface area contributed by atoms with E-state index in [1.807, 2.05) is 6.92 Å². The lowest BCUT2D eigenvalue weighted by Crippen LogP contribution is -2.43. The highest BCUT2D eigenvalue weighted by Crippen LogP contribution is 2.07. The van der Waals surface area contributed by atoms with Gasteiger partial charge in [0, 0.05) is 39.6 Å². The summed E-state index contributed by atoms with van der Waals surface area (Å²) in [7, 11) is 2.16.